The third kappa shape index (κ3) is 2.88. The van der Waals surface area contributed by atoms with Gasteiger partial charge in [-0.15, -0.1) is 0 Å². The summed E-state index contributed by atoms with van der Waals surface area (Å²) in [6.07, 6.45) is 0. The molecule has 0 aliphatic rings. The molecule has 0 bridgehead atoms. The van der Waals surface area contributed by atoms with Crippen molar-refractivity contribution in [2.45, 2.75) is 13.8 Å². The third-order valence-corrected chi connectivity index (χ3v) is 2.87. The number of aliphatic carboxylic acids is 1. The van der Waals surface area contributed by atoms with E-state index in [2.05, 4.69) is 0 Å². The molecule has 1 heterocycles. The number of hydrogen-bond donors (Lipinski definition) is 1. The zero-order valence-electron chi connectivity index (χ0n) is 11.3. The topological polar surface area (TPSA) is 68.5 Å². The number of carboxylic acid groups (broad SMARTS) is 1. The Hall–Kier alpha value is -2.56. The molecular formula is C15H15NO4. The van der Waals surface area contributed by atoms with E-state index in [1.54, 1.807) is 12.1 Å². The molecule has 0 spiro atoms. The normalized spacial score (nSPS) is 10.3. The lowest BCUT2D eigenvalue weighted by atomic mass is 10.2. The van der Waals surface area contributed by atoms with Crippen molar-refractivity contribution in [3.05, 3.63) is 58.0 Å². The molecule has 0 aliphatic heterocycles. The first-order chi connectivity index (χ1) is 9.49. The van der Waals surface area contributed by atoms with Gasteiger partial charge >= 0.3 is 5.97 Å². The van der Waals surface area contributed by atoms with Crippen molar-refractivity contribution in [3.8, 4) is 11.4 Å². The molecule has 5 heteroatoms. The van der Waals surface area contributed by atoms with Gasteiger partial charge in [-0.1, -0.05) is 12.1 Å². The van der Waals surface area contributed by atoms with E-state index in [1.807, 2.05) is 30.5 Å². The molecule has 0 unspecified atom stereocenters. The van der Waals surface area contributed by atoms with Crippen LogP contribution >= 0.6 is 0 Å². The molecular weight excluding hydrogens is 258 g/mol. The van der Waals surface area contributed by atoms with Crippen molar-refractivity contribution in [3.63, 3.8) is 0 Å². The van der Waals surface area contributed by atoms with E-state index >= 15 is 0 Å². The average Bonchev–Trinajstić information content (AvgIpc) is 2.36. The van der Waals surface area contributed by atoms with E-state index in [4.69, 9.17) is 9.84 Å². The number of carboxylic acids is 1. The fourth-order valence-electron chi connectivity index (χ4n) is 2.14. The summed E-state index contributed by atoms with van der Waals surface area (Å²) >= 11 is 0. The Morgan fingerprint density at radius 3 is 2.40 bits per heavy atom. The summed E-state index contributed by atoms with van der Waals surface area (Å²) in [5.74, 6) is -0.571. The van der Waals surface area contributed by atoms with Crippen LogP contribution in [0.4, 0.5) is 0 Å². The van der Waals surface area contributed by atoms with Gasteiger partial charge in [-0.2, -0.15) is 0 Å². The fraction of sp³-hybridized carbons (Fsp3) is 0.200. The minimum atomic E-state index is -1.03. The predicted octanol–water partition coefficient (Wildman–Crippen LogP) is 1.92. The first-order valence-electron chi connectivity index (χ1n) is 6.13. The Kier molecular flexibility index (Phi) is 3.89. The zero-order chi connectivity index (χ0) is 14.7. The summed E-state index contributed by atoms with van der Waals surface area (Å²) in [4.78, 5) is 22.1. The highest BCUT2D eigenvalue weighted by atomic mass is 16.5. The quantitative estimate of drug-likeness (QED) is 0.924. The minimum absolute atomic E-state index is 0.0554. The zero-order valence-corrected chi connectivity index (χ0v) is 11.3. The second-order valence-electron chi connectivity index (χ2n) is 4.46. The molecule has 5 nitrogen and oxygen atoms in total. The molecule has 0 saturated carbocycles. The molecule has 0 radical (unpaired) electrons. The number of nitrogens with zero attached hydrogens (tertiary/aromatic N) is 1. The number of aryl methyl sites for hydroxylation is 2. The molecule has 1 aromatic carbocycles. The van der Waals surface area contributed by atoms with Gasteiger partial charge in [-0.3, -0.25) is 4.79 Å². The summed E-state index contributed by atoms with van der Waals surface area (Å²) in [5.41, 5.74) is 2.19. The molecule has 2 rings (SSSR count). The smallest absolute Gasteiger partial charge is 0.341 e. The molecule has 0 saturated heterocycles. The number of benzene rings is 1. The van der Waals surface area contributed by atoms with Crippen LogP contribution in [0.25, 0.3) is 5.69 Å². The lowest BCUT2D eigenvalue weighted by Gasteiger charge is -2.17. The van der Waals surface area contributed by atoms with Crippen LogP contribution in [0.5, 0.6) is 5.75 Å². The molecule has 0 fully saturated rings. The molecule has 104 valence electrons. The Morgan fingerprint density at radius 2 is 1.80 bits per heavy atom. The van der Waals surface area contributed by atoms with Gasteiger partial charge in [0.1, 0.15) is 5.75 Å². The molecule has 20 heavy (non-hydrogen) atoms. The number of carbonyl (C=O) groups is 1. The number of para-hydroxylation sites is 2. The number of pyridine rings is 1. The average molecular weight is 273 g/mol. The van der Waals surface area contributed by atoms with E-state index < -0.39 is 12.6 Å². The maximum Gasteiger partial charge on any atom is 0.341 e. The van der Waals surface area contributed by atoms with E-state index in [1.165, 1.54) is 12.1 Å². The number of ether oxygens (including phenoxy) is 1. The summed E-state index contributed by atoms with van der Waals surface area (Å²) in [6, 6.07) is 10.2. The van der Waals surface area contributed by atoms with Crippen LogP contribution in [0.3, 0.4) is 0 Å². The maximum atomic E-state index is 11.5. The predicted molar refractivity (Wildman–Crippen MR) is 74.6 cm³/mol. The van der Waals surface area contributed by atoms with Gasteiger partial charge in [-0.25, -0.2) is 4.79 Å². The Labute approximate surface area is 116 Å². The molecule has 1 N–H and O–H groups in total. The van der Waals surface area contributed by atoms with Crippen molar-refractivity contribution in [2.75, 3.05) is 6.61 Å². The van der Waals surface area contributed by atoms with E-state index in [0.29, 0.717) is 11.4 Å². The van der Waals surface area contributed by atoms with E-state index in [-0.39, 0.29) is 5.43 Å². The second kappa shape index (κ2) is 5.61. The molecule has 2 aromatic rings. The third-order valence-electron chi connectivity index (χ3n) is 2.87. The number of hydrogen-bond acceptors (Lipinski definition) is 3. The monoisotopic (exact) mass is 273 g/mol. The first kappa shape index (κ1) is 13.9. The largest absolute Gasteiger partial charge is 0.480 e. The van der Waals surface area contributed by atoms with Crippen LogP contribution in [0.15, 0.2) is 41.2 Å². The van der Waals surface area contributed by atoms with Crippen molar-refractivity contribution in [1.29, 1.82) is 0 Å². The Bertz CT molecular complexity index is 677. The van der Waals surface area contributed by atoms with Gasteiger partial charge in [0.2, 0.25) is 0 Å². The van der Waals surface area contributed by atoms with Crippen molar-refractivity contribution >= 4 is 5.97 Å². The highest BCUT2D eigenvalue weighted by molar-refractivity contribution is 5.68. The Balaban J connectivity index is 2.53. The van der Waals surface area contributed by atoms with Crippen LogP contribution in [0, 0.1) is 13.8 Å². The van der Waals surface area contributed by atoms with Gasteiger partial charge in [0.25, 0.3) is 0 Å². The van der Waals surface area contributed by atoms with Crippen LogP contribution in [-0.2, 0) is 4.79 Å². The lowest BCUT2D eigenvalue weighted by Crippen LogP contribution is -2.14. The highest BCUT2D eigenvalue weighted by Crippen LogP contribution is 2.24. The molecule has 1 aromatic heterocycles. The summed E-state index contributed by atoms with van der Waals surface area (Å²) in [6.45, 7) is 3.24. The van der Waals surface area contributed by atoms with Gasteiger partial charge in [0, 0.05) is 23.5 Å². The minimum Gasteiger partial charge on any atom is -0.480 e. The SMILES string of the molecule is Cc1cc(=O)cc(C)n1-c1ccccc1OCC(=O)O. The fourth-order valence-corrected chi connectivity index (χ4v) is 2.14. The molecule has 0 amide bonds. The molecule has 0 atom stereocenters. The summed E-state index contributed by atoms with van der Waals surface area (Å²) < 4.78 is 7.15. The summed E-state index contributed by atoms with van der Waals surface area (Å²) in [5, 5.41) is 8.71. The van der Waals surface area contributed by atoms with Gasteiger partial charge in [0.15, 0.2) is 12.0 Å². The van der Waals surface area contributed by atoms with Crippen LogP contribution in [0.2, 0.25) is 0 Å². The van der Waals surface area contributed by atoms with E-state index in [0.717, 1.165) is 11.4 Å². The Morgan fingerprint density at radius 1 is 1.20 bits per heavy atom. The van der Waals surface area contributed by atoms with Crippen LogP contribution < -0.4 is 10.2 Å². The number of aromatic nitrogens is 1. The molecule has 0 aliphatic carbocycles. The summed E-state index contributed by atoms with van der Waals surface area (Å²) in [7, 11) is 0. The maximum absolute atomic E-state index is 11.5. The lowest BCUT2D eigenvalue weighted by molar-refractivity contribution is -0.139. The van der Waals surface area contributed by atoms with Gasteiger partial charge in [-0.05, 0) is 26.0 Å². The van der Waals surface area contributed by atoms with Gasteiger partial charge in [0.05, 0.1) is 5.69 Å². The van der Waals surface area contributed by atoms with Crippen molar-refractivity contribution in [1.82, 2.24) is 4.57 Å². The van der Waals surface area contributed by atoms with Crippen LogP contribution in [-0.4, -0.2) is 22.2 Å². The van der Waals surface area contributed by atoms with Crippen LogP contribution in [0.1, 0.15) is 11.4 Å². The first-order valence-corrected chi connectivity index (χ1v) is 6.13. The van der Waals surface area contributed by atoms with Gasteiger partial charge < -0.3 is 14.4 Å². The highest BCUT2D eigenvalue weighted by Gasteiger charge is 2.10. The number of rotatable bonds is 4. The standard InChI is InChI=1S/C15H15NO4/c1-10-7-12(17)8-11(2)16(10)13-5-3-4-6-14(13)20-9-15(18)19/h3-8H,9H2,1-2H3,(H,18,19). The van der Waals surface area contributed by atoms with Crippen molar-refractivity contribution < 1.29 is 14.6 Å². The van der Waals surface area contributed by atoms with E-state index in [9.17, 15) is 9.59 Å². The second-order valence-corrected chi connectivity index (χ2v) is 4.46. The van der Waals surface area contributed by atoms with Crippen molar-refractivity contribution in [2.24, 2.45) is 0 Å².